The molecule has 0 fully saturated rings. The van der Waals surface area contributed by atoms with Crippen LogP contribution in [0, 0.1) is 6.92 Å². The molecule has 2 N–H and O–H groups in total. The van der Waals surface area contributed by atoms with Gasteiger partial charge in [-0.1, -0.05) is 0 Å². The lowest BCUT2D eigenvalue weighted by atomic mass is 10.3. The van der Waals surface area contributed by atoms with E-state index in [9.17, 15) is 9.59 Å². The number of carbonyl (C=O) groups excluding carboxylic acids is 1. The van der Waals surface area contributed by atoms with Crippen LogP contribution in [-0.2, 0) is 15.3 Å². The molecule has 0 spiro atoms. The standard InChI is InChI=1S/C10H14N2O3S2/c1-6(10(14)15)11-9(13)5-16-3-8-4-17-7(2)12-8/h4,6H,3,5H2,1-2H3,(H,11,13)(H,14,15)/t6-/m0/s1. The Morgan fingerprint density at radius 1 is 1.65 bits per heavy atom. The van der Waals surface area contributed by atoms with Crippen LogP contribution in [0.3, 0.4) is 0 Å². The second kappa shape index (κ2) is 6.61. The van der Waals surface area contributed by atoms with Crippen molar-refractivity contribution in [2.75, 3.05) is 5.75 Å². The van der Waals surface area contributed by atoms with Gasteiger partial charge in [-0.05, 0) is 13.8 Å². The number of hydrogen-bond acceptors (Lipinski definition) is 5. The van der Waals surface area contributed by atoms with Crippen molar-refractivity contribution in [3.05, 3.63) is 16.1 Å². The zero-order chi connectivity index (χ0) is 12.8. The summed E-state index contributed by atoms with van der Waals surface area (Å²) in [5, 5.41) is 14.0. The fourth-order valence-electron chi connectivity index (χ4n) is 1.07. The van der Waals surface area contributed by atoms with E-state index in [0.29, 0.717) is 5.75 Å². The van der Waals surface area contributed by atoms with Crippen LogP contribution in [0.2, 0.25) is 0 Å². The number of rotatable bonds is 6. The maximum Gasteiger partial charge on any atom is 0.325 e. The van der Waals surface area contributed by atoms with E-state index in [4.69, 9.17) is 5.11 Å². The number of aliphatic carboxylic acids is 1. The first-order valence-electron chi connectivity index (χ1n) is 5.00. The Labute approximate surface area is 108 Å². The van der Waals surface area contributed by atoms with E-state index in [1.165, 1.54) is 18.7 Å². The predicted molar refractivity (Wildman–Crippen MR) is 68.3 cm³/mol. The van der Waals surface area contributed by atoms with Crippen molar-refractivity contribution in [3.8, 4) is 0 Å². The molecule has 94 valence electrons. The third-order valence-electron chi connectivity index (χ3n) is 1.90. The molecular weight excluding hydrogens is 260 g/mol. The van der Waals surface area contributed by atoms with Crippen LogP contribution in [-0.4, -0.2) is 33.8 Å². The summed E-state index contributed by atoms with van der Waals surface area (Å²) in [6.07, 6.45) is 0. The number of carboxylic acids is 1. The molecule has 0 radical (unpaired) electrons. The molecule has 0 unspecified atom stereocenters. The number of carbonyl (C=O) groups is 2. The lowest BCUT2D eigenvalue weighted by molar-refractivity contribution is -0.140. The fraction of sp³-hybridized carbons (Fsp3) is 0.500. The summed E-state index contributed by atoms with van der Waals surface area (Å²) < 4.78 is 0. The number of thioether (sulfide) groups is 1. The van der Waals surface area contributed by atoms with Crippen LogP contribution in [0.5, 0.6) is 0 Å². The van der Waals surface area contributed by atoms with Gasteiger partial charge in [0.2, 0.25) is 5.91 Å². The van der Waals surface area contributed by atoms with Gasteiger partial charge in [-0.3, -0.25) is 9.59 Å². The Hall–Kier alpha value is -1.08. The minimum atomic E-state index is -1.03. The molecule has 0 aliphatic carbocycles. The fourth-order valence-corrected chi connectivity index (χ4v) is 2.51. The van der Waals surface area contributed by atoms with E-state index >= 15 is 0 Å². The van der Waals surface area contributed by atoms with Gasteiger partial charge in [0.15, 0.2) is 0 Å². The maximum atomic E-state index is 11.3. The van der Waals surface area contributed by atoms with Crippen molar-refractivity contribution in [3.63, 3.8) is 0 Å². The molecule has 0 bridgehead atoms. The number of nitrogens with zero attached hydrogens (tertiary/aromatic N) is 1. The average Bonchev–Trinajstić information content (AvgIpc) is 2.64. The van der Waals surface area contributed by atoms with E-state index < -0.39 is 12.0 Å². The van der Waals surface area contributed by atoms with Crippen LogP contribution < -0.4 is 5.32 Å². The topological polar surface area (TPSA) is 79.3 Å². The van der Waals surface area contributed by atoms with E-state index in [1.807, 2.05) is 12.3 Å². The molecule has 17 heavy (non-hydrogen) atoms. The first kappa shape index (κ1) is 14.0. The Bertz CT molecular complexity index is 406. The van der Waals surface area contributed by atoms with Gasteiger partial charge in [-0.2, -0.15) is 0 Å². The van der Waals surface area contributed by atoms with Crippen molar-refractivity contribution < 1.29 is 14.7 Å². The Morgan fingerprint density at radius 2 is 2.35 bits per heavy atom. The predicted octanol–water partition coefficient (Wildman–Crippen LogP) is 1.27. The molecular formula is C10H14N2O3S2. The van der Waals surface area contributed by atoms with Crippen LogP contribution in [0.15, 0.2) is 5.38 Å². The summed E-state index contributed by atoms with van der Waals surface area (Å²) in [4.78, 5) is 26.1. The highest BCUT2D eigenvalue weighted by Gasteiger charge is 2.13. The number of thiazole rings is 1. The quantitative estimate of drug-likeness (QED) is 0.816. The van der Waals surface area contributed by atoms with Crippen LogP contribution in [0.25, 0.3) is 0 Å². The zero-order valence-corrected chi connectivity index (χ0v) is 11.2. The third-order valence-corrected chi connectivity index (χ3v) is 3.69. The first-order valence-corrected chi connectivity index (χ1v) is 7.03. The minimum Gasteiger partial charge on any atom is -0.480 e. The number of aryl methyl sites for hydroxylation is 1. The molecule has 5 nitrogen and oxygen atoms in total. The third kappa shape index (κ3) is 5.18. The van der Waals surface area contributed by atoms with E-state index in [2.05, 4.69) is 10.3 Å². The highest BCUT2D eigenvalue weighted by molar-refractivity contribution is 7.99. The SMILES string of the molecule is Cc1nc(CSCC(=O)N[C@@H](C)C(=O)O)cs1. The van der Waals surface area contributed by atoms with Gasteiger partial charge < -0.3 is 10.4 Å². The molecule has 1 atom stereocenters. The van der Waals surface area contributed by atoms with Gasteiger partial charge in [0.1, 0.15) is 6.04 Å². The summed E-state index contributed by atoms with van der Waals surface area (Å²) in [6, 6.07) is -0.843. The number of nitrogens with one attached hydrogen (secondary N) is 1. The van der Waals surface area contributed by atoms with Crippen LogP contribution in [0.1, 0.15) is 17.6 Å². The first-order chi connectivity index (χ1) is 7.99. The van der Waals surface area contributed by atoms with E-state index in [-0.39, 0.29) is 11.7 Å². The summed E-state index contributed by atoms with van der Waals surface area (Å²) in [6.45, 7) is 3.37. The number of amides is 1. The van der Waals surface area contributed by atoms with E-state index in [1.54, 1.807) is 11.3 Å². The molecule has 1 rings (SSSR count). The number of hydrogen-bond donors (Lipinski definition) is 2. The van der Waals surface area contributed by atoms with Crippen molar-refractivity contribution in [1.82, 2.24) is 10.3 Å². The van der Waals surface area contributed by atoms with Gasteiger partial charge in [-0.25, -0.2) is 4.98 Å². The Kier molecular flexibility index (Phi) is 5.43. The molecule has 1 amide bonds. The maximum absolute atomic E-state index is 11.3. The summed E-state index contributed by atoms with van der Waals surface area (Å²) >= 11 is 3.00. The average molecular weight is 274 g/mol. The second-order valence-corrected chi connectivity index (χ2v) is 5.53. The van der Waals surface area contributed by atoms with Crippen LogP contribution in [0.4, 0.5) is 0 Å². The van der Waals surface area contributed by atoms with Crippen molar-refractivity contribution >= 4 is 35.0 Å². The molecule has 0 saturated heterocycles. The monoisotopic (exact) mass is 274 g/mol. The van der Waals surface area contributed by atoms with Crippen molar-refractivity contribution in [2.24, 2.45) is 0 Å². The molecule has 1 aromatic rings. The molecule has 0 aromatic carbocycles. The molecule has 1 aromatic heterocycles. The largest absolute Gasteiger partial charge is 0.480 e. The molecule has 0 aliphatic rings. The Morgan fingerprint density at radius 3 is 2.88 bits per heavy atom. The minimum absolute atomic E-state index is 0.244. The smallest absolute Gasteiger partial charge is 0.325 e. The normalized spacial score (nSPS) is 12.1. The van der Waals surface area contributed by atoms with Gasteiger partial charge in [0.05, 0.1) is 16.5 Å². The van der Waals surface area contributed by atoms with E-state index in [0.717, 1.165) is 10.7 Å². The molecule has 1 heterocycles. The van der Waals surface area contributed by atoms with Gasteiger partial charge in [0.25, 0.3) is 0 Å². The second-order valence-electron chi connectivity index (χ2n) is 3.48. The zero-order valence-electron chi connectivity index (χ0n) is 9.60. The van der Waals surface area contributed by atoms with Crippen molar-refractivity contribution in [1.29, 1.82) is 0 Å². The lowest BCUT2D eigenvalue weighted by Crippen LogP contribution is -2.39. The Balaban J connectivity index is 2.22. The highest BCUT2D eigenvalue weighted by Crippen LogP contribution is 2.14. The van der Waals surface area contributed by atoms with Gasteiger partial charge in [0, 0.05) is 11.1 Å². The summed E-state index contributed by atoms with van der Waals surface area (Å²) in [5.74, 6) is -0.386. The lowest BCUT2D eigenvalue weighted by Gasteiger charge is -2.08. The molecule has 7 heteroatoms. The highest BCUT2D eigenvalue weighted by atomic mass is 32.2. The van der Waals surface area contributed by atoms with Gasteiger partial charge in [-0.15, -0.1) is 23.1 Å². The van der Waals surface area contributed by atoms with Crippen molar-refractivity contribution in [2.45, 2.75) is 25.6 Å². The number of carboxylic acid groups (broad SMARTS) is 1. The molecule has 0 aliphatic heterocycles. The summed E-state index contributed by atoms with van der Waals surface area (Å²) in [7, 11) is 0. The van der Waals surface area contributed by atoms with Crippen LogP contribution >= 0.6 is 23.1 Å². The molecule has 0 saturated carbocycles. The summed E-state index contributed by atoms with van der Waals surface area (Å²) in [5.41, 5.74) is 0.955. The number of aromatic nitrogens is 1. The van der Waals surface area contributed by atoms with Gasteiger partial charge >= 0.3 is 5.97 Å².